The van der Waals surface area contributed by atoms with Crippen molar-refractivity contribution in [2.24, 2.45) is 5.92 Å². The van der Waals surface area contributed by atoms with Gasteiger partial charge in [-0.1, -0.05) is 66.7 Å². The number of para-hydroxylation sites is 1. The van der Waals surface area contributed by atoms with Crippen molar-refractivity contribution in [2.75, 3.05) is 5.32 Å². The standard InChI is InChI=1S/C38H33N3O9/c1-23(40(37(44)35-32(38(45)46)21-34(42)50-35)22-24-11-12-25-7-5-6-8-27(25)19-24)31(26-13-15-29(16-14-26)41(47)48)20-30-17-18-33(49-30)36(43)39-28-9-3-2-4-10-28/h2-19,23,31-32,35H,20-22H2,1H3,(H,39,43)(H,45,46). The number of fused-ring (bicyclic) bond motifs is 1. The molecule has 6 rings (SSSR count). The third-order valence-corrected chi connectivity index (χ3v) is 8.97. The largest absolute Gasteiger partial charge is 0.481 e. The highest BCUT2D eigenvalue weighted by Crippen LogP contribution is 2.34. The topological polar surface area (TPSA) is 169 Å². The van der Waals surface area contributed by atoms with Gasteiger partial charge < -0.3 is 24.5 Å². The molecule has 12 nitrogen and oxygen atoms in total. The molecular weight excluding hydrogens is 642 g/mol. The van der Waals surface area contributed by atoms with E-state index < -0.39 is 59.1 Å². The van der Waals surface area contributed by atoms with Crippen molar-refractivity contribution in [1.29, 1.82) is 0 Å². The maximum atomic E-state index is 14.3. The van der Waals surface area contributed by atoms with Crippen LogP contribution >= 0.6 is 0 Å². The fourth-order valence-corrected chi connectivity index (χ4v) is 6.29. The molecule has 0 saturated carbocycles. The Morgan fingerprint density at radius 2 is 1.64 bits per heavy atom. The molecule has 0 bridgehead atoms. The predicted molar refractivity (Wildman–Crippen MR) is 182 cm³/mol. The summed E-state index contributed by atoms with van der Waals surface area (Å²) < 4.78 is 11.3. The average Bonchev–Trinajstić information content (AvgIpc) is 3.76. The highest BCUT2D eigenvalue weighted by Gasteiger charge is 2.47. The molecule has 12 heteroatoms. The number of rotatable bonds is 12. The molecule has 0 aliphatic carbocycles. The van der Waals surface area contributed by atoms with Crippen LogP contribution < -0.4 is 5.32 Å². The van der Waals surface area contributed by atoms with Crippen LogP contribution in [0.15, 0.2) is 114 Å². The molecule has 1 saturated heterocycles. The van der Waals surface area contributed by atoms with Gasteiger partial charge >= 0.3 is 11.9 Å². The van der Waals surface area contributed by atoms with Crippen molar-refractivity contribution in [2.45, 2.75) is 44.4 Å². The Kier molecular flexibility index (Phi) is 9.70. The van der Waals surface area contributed by atoms with Gasteiger partial charge in [0.1, 0.15) is 11.7 Å². The Bertz CT molecular complexity index is 2060. The number of non-ortho nitro benzene ring substituents is 1. The van der Waals surface area contributed by atoms with E-state index >= 15 is 0 Å². The smallest absolute Gasteiger partial charge is 0.311 e. The zero-order valence-electron chi connectivity index (χ0n) is 26.9. The lowest BCUT2D eigenvalue weighted by Crippen LogP contribution is -2.49. The second kappa shape index (κ2) is 14.4. The Morgan fingerprint density at radius 3 is 2.34 bits per heavy atom. The summed E-state index contributed by atoms with van der Waals surface area (Å²) in [6.07, 6.45) is -1.82. The maximum absolute atomic E-state index is 14.3. The van der Waals surface area contributed by atoms with E-state index in [1.165, 1.54) is 17.0 Å². The first-order chi connectivity index (χ1) is 24.1. The number of nitro benzene ring substituents is 1. The summed E-state index contributed by atoms with van der Waals surface area (Å²) >= 11 is 0. The van der Waals surface area contributed by atoms with Crippen molar-refractivity contribution in [3.05, 3.63) is 142 Å². The number of nitrogens with one attached hydrogen (secondary N) is 1. The Hall–Kier alpha value is -6.30. The zero-order chi connectivity index (χ0) is 35.4. The lowest BCUT2D eigenvalue weighted by atomic mass is 9.86. The lowest BCUT2D eigenvalue weighted by Gasteiger charge is -2.36. The lowest BCUT2D eigenvalue weighted by molar-refractivity contribution is -0.384. The van der Waals surface area contributed by atoms with E-state index in [1.54, 1.807) is 55.5 Å². The molecule has 4 aromatic carbocycles. The molecule has 2 N–H and O–H groups in total. The molecule has 1 aromatic heterocycles. The minimum absolute atomic E-state index is 0.0393. The number of anilines is 1. The molecule has 1 aliphatic heterocycles. The van der Waals surface area contributed by atoms with E-state index in [9.17, 15) is 34.4 Å². The molecule has 254 valence electrons. The van der Waals surface area contributed by atoms with Crippen LogP contribution in [0.25, 0.3) is 10.8 Å². The van der Waals surface area contributed by atoms with Crippen LogP contribution in [0.3, 0.4) is 0 Å². The second-order valence-electron chi connectivity index (χ2n) is 12.2. The van der Waals surface area contributed by atoms with Crippen molar-refractivity contribution < 1.29 is 38.4 Å². The Labute approximate surface area is 286 Å². The summed E-state index contributed by atoms with van der Waals surface area (Å²) in [5, 5.41) is 26.0. The first-order valence-corrected chi connectivity index (χ1v) is 16.0. The van der Waals surface area contributed by atoms with Crippen molar-refractivity contribution in [3.63, 3.8) is 0 Å². The van der Waals surface area contributed by atoms with Crippen LogP contribution in [0.2, 0.25) is 0 Å². The van der Waals surface area contributed by atoms with Crippen LogP contribution in [0, 0.1) is 16.0 Å². The number of furan rings is 1. The van der Waals surface area contributed by atoms with Crippen molar-refractivity contribution >= 4 is 45.9 Å². The molecule has 0 spiro atoms. The molecule has 4 unspecified atom stereocenters. The highest BCUT2D eigenvalue weighted by molar-refractivity contribution is 6.02. The number of benzene rings is 4. The van der Waals surface area contributed by atoms with E-state index in [2.05, 4.69) is 5.32 Å². The summed E-state index contributed by atoms with van der Waals surface area (Å²) in [6.45, 7) is 1.82. The zero-order valence-corrected chi connectivity index (χ0v) is 26.9. The van der Waals surface area contributed by atoms with Crippen molar-refractivity contribution in [1.82, 2.24) is 4.90 Å². The van der Waals surface area contributed by atoms with Gasteiger partial charge in [-0.2, -0.15) is 0 Å². The third kappa shape index (κ3) is 7.39. The third-order valence-electron chi connectivity index (χ3n) is 8.97. The van der Waals surface area contributed by atoms with Gasteiger partial charge in [0, 0.05) is 42.7 Å². The minimum Gasteiger partial charge on any atom is -0.481 e. The van der Waals surface area contributed by atoms with Crippen LogP contribution in [0.1, 0.15) is 46.7 Å². The Morgan fingerprint density at radius 1 is 0.940 bits per heavy atom. The maximum Gasteiger partial charge on any atom is 0.311 e. The first-order valence-electron chi connectivity index (χ1n) is 16.0. The van der Waals surface area contributed by atoms with Gasteiger partial charge in [-0.25, -0.2) is 0 Å². The van der Waals surface area contributed by atoms with E-state index in [0.717, 1.165) is 16.3 Å². The normalized spacial score (nSPS) is 16.7. The van der Waals surface area contributed by atoms with Crippen LogP contribution in [0.4, 0.5) is 11.4 Å². The number of nitrogens with zero attached hydrogens (tertiary/aromatic N) is 2. The molecule has 1 aliphatic rings. The molecule has 1 fully saturated rings. The van der Waals surface area contributed by atoms with Gasteiger partial charge in [0.25, 0.3) is 17.5 Å². The van der Waals surface area contributed by atoms with Gasteiger partial charge in [0.15, 0.2) is 11.9 Å². The number of aliphatic carboxylic acids is 1. The number of carbonyl (C=O) groups is 4. The fourth-order valence-electron chi connectivity index (χ4n) is 6.29. The number of carboxylic acid groups (broad SMARTS) is 1. The number of nitro groups is 1. The fraction of sp³-hybridized carbons (Fsp3) is 0.211. The van der Waals surface area contributed by atoms with E-state index in [-0.39, 0.29) is 24.4 Å². The molecule has 4 atom stereocenters. The number of amides is 2. The van der Waals surface area contributed by atoms with Gasteiger partial charge in [0.2, 0.25) is 0 Å². The molecule has 2 amide bonds. The van der Waals surface area contributed by atoms with Crippen LogP contribution in [0.5, 0.6) is 0 Å². The summed E-state index contributed by atoms with van der Waals surface area (Å²) in [7, 11) is 0. The molecule has 5 aromatic rings. The molecular formula is C38H33N3O9. The number of carbonyl (C=O) groups excluding carboxylic acids is 3. The number of carboxylic acids is 1. The SMILES string of the molecule is CC(C(Cc1ccc(C(=O)Nc2ccccc2)o1)c1ccc([N+](=O)[O-])cc1)N(Cc1ccc2ccccc2c1)C(=O)C1OC(=O)CC1C(=O)O. The number of cyclic esters (lactones) is 1. The van der Waals surface area contributed by atoms with Gasteiger partial charge in [-0.15, -0.1) is 0 Å². The highest BCUT2D eigenvalue weighted by atomic mass is 16.6. The molecule has 2 heterocycles. The summed E-state index contributed by atoms with van der Waals surface area (Å²) in [4.78, 5) is 64.1. The quantitative estimate of drug-likeness (QED) is 0.0869. The number of esters is 1. The van der Waals surface area contributed by atoms with Crippen LogP contribution in [-0.2, 0) is 32.1 Å². The van der Waals surface area contributed by atoms with Crippen LogP contribution in [-0.4, -0.2) is 50.8 Å². The second-order valence-corrected chi connectivity index (χ2v) is 12.2. The average molecular weight is 676 g/mol. The minimum atomic E-state index is -1.54. The first kappa shape index (κ1) is 33.6. The van der Waals surface area contributed by atoms with Gasteiger partial charge in [-0.3, -0.25) is 29.3 Å². The number of hydrogen-bond acceptors (Lipinski definition) is 8. The van der Waals surface area contributed by atoms with E-state index in [0.29, 0.717) is 17.0 Å². The Balaban J connectivity index is 1.36. The van der Waals surface area contributed by atoms with Gasteiger partial charge in [0.05, 0.1) is 11.3 Å². The number of ether oxygens (including phenoxy) is 1. The summed E-state index contributed by atoms with van der Waals surface area (Å²) in [5.41, 5.74) is 1.84. The monoisotopic (exact) mass is 675 g/mol. The van der Waals surface area contributed by atoms with E-state index in [1.807, 2.05) is 48.5 Å². The summed E-state index contributed by atoms with van der Waals surface area (Å²) in [6, 6.07) is 30.7. The number of hydrogen-bond donors (Lipinski definition) is 2. The molecule has 50 heavy (non-hydrogen) atoms. The summed E-state index contributed by atoms with van der Waals surface area (Å²) in [5.74, 6) is -4.71. The van der Waals surface area contributed by atoms with Gasteiger partial charge in [-0.05, 0) is 59.2 Å². The predicted octanol–water partition coefficient (Wildman–Crippen LogP) is 6.35. The molecule has 0 radical (unpaired) electrons. The van der Waals surface area contributed by atoms with Crippen molar-refractivity contribution in [3.8, 4) is 0 Å². The van der Waals surface area contributed by atoms with E-state index in [4.69, 9.17) is 9.15 Å².